The van der Waals surface area contributed by atoms with Gasteiger partial charge >= 0.3 is 0 Å². The van der Waals surface area contributed by atoms with Gasteiger partial charge in [0.15, 0.2) is 0 Å². The van der Waals surface area contributed by atoms with E-state index >= 15 is 0 Å². The number of rotatable bonds is 6. The minimum atomic E-state index is 0.984. The van der Waals surface area contributed by atoms with Crippen molar-refractivity contribution in [3.63, 3.8) is 0 Å². The third-order valence-corrected chi connectivity index (χ3v) is 8.92. The van der Waals surface area contributed by atoms with Crippen molar-refractivity contribution in [2.45, 2.75) is 96.3 Å². The fraction of sp³-hybridized carbons (Fsp3) is 1.00. The zero-order valence-corrected chi connectivity index (χ0v) is 20.0. The molecule has 3 saturated carbocycles. The molecule has 4 rings (SSSR count). The number of nitrogens with zero attached hydrogens (tertiary/aromatic N) is 3. The van der Waals surface area contributed by atoms with Crippen LogP contribution in [0.4, 0.5) is 0 Å². The second-order valence-corrected chi connectivity index (χ2v) is 11.4. The third kappa shape index (κ3) is 7.78. The molecular weight excluding hydrogens is 366 g/mol. The summed E-state index contributed by atoms with van der Waals surface area (Å²) in [7, 11) is 0. The number of hydrogen-bond donors (Lipinski definition) is 0. The van der Waals surface area contributed by atoms with E-state index in [4.69, 9.17) is 0 Å². The van der Waals surface area contributed by atoms with Crippen molar-refractivity contribution in [1.29, 1.82) is 0 Å². The Morgan fingerprint density at radius 1 is 0.333 bits per heavy atom. The zero-order chi connectivity index (χ0) is 20.4. The molecule has 0 bridgehead atoms. The van der Waals surface area contributed by atoms with Crippen LogP contribution in [0.5, 0.6) is 0 Å². The van der Waals surface area contributed by atoms with Gasteiger partial charge in [-0.3, -0.25) is 0 Å². The van der Waals surface area contributed by atoms with Crippen molar-refractivity contribution in [3.8, 4) is 0 Å². The Hall–Kier alpha value is -0.120. The minimum absolute atomic E-state index is 0.984. The predicted octanol–water partition coefficient (Wildman–Crippen LogP) is 5.65. The molecule has 0 atom stereocenters. The lowest BCUT2D eigenvalue weighted by Crippen LogP contribution is -2.40. The lowest BCUT2D eigenvalue weighted by Gasteiger charge is -2.32. The highest BCUT2D eigenvalue weighted by atomic mass is 15.3. The quantitative estimate of drug-likeness (QED) is 0.553. The molecule has 3 nitrogen and oxygen atoms in total. The molecule has 1 heterocycles. The van der Waals surface area contributed by atoms with Gasteiger partial charge in [-0.15, -0.1) is 0 Å². The first-order chi connectivity index (χ1) is 14.8. The Balaban J connectivity index is 1.33. The summed E-state index contributed by atoms with van der Waals surface area (Å²) < 4.78 is 0. The van der Waals surface area contributed by atoms with Crippen LogP contribution in [-0.4, -0.2) is 73.6 Å². The largest absolute Gasteiger partial charge is 0.301 e. The van der Waals surface area contributed by atoms with Gasteiger partial charge in [-0.25, -0.2) is 0 Å². The summed E-state index contributed by atoms with van der Waals surface area (Å²) in [6.07, 6.45) is 22.3. The fourth-order valence-electron chi connectivity index (χ4n) is 6.94. The van der Waals surface area contributed by atoms with Crippen LogP contribution in [0.3, 0.4) is 0 Å². The van der Waals surface area contributed by atoms with E-state index in [0.717, 1.165) is 17.8 Å². The van der Waals surface area contributed by atoms with Gasteiger partial charge in [-0.05, 0) is 56.3 Å². The maximum absolute atomic E-state index is 2.88. The van der Waals surface area contributed by atoms with E-state index in [2.05, 4.69) is 14.7 Å². The molecule has 4 aliphatic rings. The molecule has 1 aliphatic heterocycles. The second kappa shape index (κ2) is 12.8. The monoisotopic (exact) mass is 417 g/mol. The minimum Gasteiger partial charge on any atom is -0.301 e. The Labute approximate surface area is 187 Å². The van der Waals surface area contributed by atoms with Gasteiger partial charge in [-0.2, -0.15) is 0 Å². The first-order valence-electron chi connectivity index (χ1n) is 14.0. The number of hydrogen-bond acceptors (Lipinski definition) is 3. The van der Waals surface area contributed by atoms with Crippen molar-refractivity contribution in [1.82, 2.24) is 14.7 Å². The van der Waals surface area contributed by atoms with Crippen LogP contribution in [0.25, 0.3) is 0 Å². The molecule has 0 aromatic heterocycles. The van der Waals surface area contributed by atoms with Crippen molar-refractivity contribution < 1.29 is 0 Å². The van der Waals surface area contributed by atoms with Gasteiger partial charge in [0.2, 0.25) is 0 Å². The van der Waals surface area contributed by atoms with Crippen LogP contribution in [0.15, 0.2) is 0 Å². The first-order valence-corrected chi connectivity index (χ1v) is 14.0. The van der Waals surface area contributed by atoms with E-state index in [-0.39, 0.29) is 0 Å². The van der Waals surface area contributed by atoms with Gasteiger partial charge in [0, 0.05) is 58.9 Å². The standard InChI is InChI=1S/C27H51N3/c1-4-10-25(11-5-1)22-28-16-18-29(23-26-12-6-2-7-13-26)20-21-30(19-17-28)24-27-14-8-3-9-15-27/h25-27H,1-24H2. The highest BCUT2D eigenvalue weighted by molar-refractivity contribution is 4.79. The zero-order valence-electron chi connectivity index (χ0n) is 20.0. The van der Waals surface area contributed by atoms with E-state index in [0.29, 0.717) is 0 Å². The van der Waals surface area contributed by atoms with Crippen molar-refractivity contribution in [2.75, 3.05) is 58.9 Å². The van der Waals surface area contributed by atoms with Gasteiger partial charge in [0.1, 0.15) is 0 Å². The third-order valence-electron chi connectivity index (χ3n) is 8.92. The molecule has 30 heavy (non-hydrogen) atoms. The molecule has 1 saturated heterocycles. The van der Waals surface area contributed by atoms with E-state index in [9.17, 15) is 0 Å². The maximum atomic E-state index is 2.88. The topological polar surface area (TPSA) is 9.72 Å². The average molecular weight is 418 g/mol. The normalized spacial score (nSPS) is 28.8. The molecule has 0 aromatic rings. The van der Waals surface area contributed by atoms with Gasteiger partial charge < -0.3 is 14.7 Å². The molecule has 3 heteroatoms. The Kier molecular flexibility index (Phi) is 9.83. The molecule has 0 aromatic carbocycles. The SMILES string of the molecule is C1CCC(CN2CCN(CC3CCCCC3)CCN(CC3CCCCC3)CC2)CC1. The average Bonchev–Trinajstić information content (AvgIpc) is 2.88. The Morgan fingerprint density at radius 3 is 0.800 bits per heavy atom. The lowest BCUT2D eigenvalue weighted by molar-refractivity contribution is 0.160. The molecule has 174 valence electrons. The summed E-state index contributed by atoms with van der Waals surface area (Å²) >= 11 is 0. The van der Waals surface area contributed by atoms with E-state index in [1.54, 1.807) is 0 Å². The van der Waals surface area contributed by atoms with Crippen LogP contribution >= 0.6 is 0 Å². The maximum Gasteiger partial charge on any atom is 0.0110 e. The van der Waals surface area contributed by atoms with Crippen LogP contribution in [-0.2, 0) is 0 Å². The molecule has 4 fully saturated rings. The van der Waals surface area contributed by atoms with Crippen molar-refractivity contribution >= 4 is 0 Å². The van der Waals surface area contributed by atoms with Crippen LogP contribution in [0.2, 0.25) is 0 Å². The van der Waals surface area contributed by atoms with Crippen LogP contribution in [0.1, 0.15) is 96.3 Å². The van der Waals surface area contributed by atoms with E-state index < -0.39 is 0 Å². The summed E-state index contributed by atoms with van der Waals surface area (Å²) in [5.74, 6) is 2.95. The molecule has 0 N–H and O–H groups in total. The second-order valence-electron chi connectivity index (χ2n) is 11.4. The summed E-state index contributed by atoms with van der Waals surface area (Å²) in [6, 6.07) is 0. The smallest absolute Gasteiger partial charge is 0.0110 e. The molecule has 3 aliphatic carbocycles. The van der Waals surface area contributed by atoms with Gasteiger partial charge in [-0.1, -0.05) is 57.8 Å². The highest BCUT2D eigenvalue weighted by Crippen LogP contribution is 2.27. The van der Waals surface area contributed by atoms with Gasteiger partial charge in [0.05, 0.1) is 0 Å². The summed E-state index contributed by atoms with van der Waals surface area (Å²) in [5.41, 5.74) is 0. The first kappa shape index (κ1) is 23.1. The van der Waals surface area contributed by atoms with Crippen molar-refractivity contribution in [3.05, 3.63) is 0 Å². The highest BCUT2D eigenvalue weighted by Gasteiger charge is 2.24. The van der Waals surface area contributed by atoms with Crippen LogP contribution in [0, 0.1) is 17.8 Å². The molecule has 0 spiro atoms. The molecule has 0 amide bonds. The van der Waals surface area contributed by atoms with Crippen LogP contribution < -0.4 is 0 Å². The molecular formula is C27H51N3. The van der Waals surface area contributed by atoms with E-state index in [1.807, 2.05) is 0 Å². The molecule has 0 radical (unpaired) electrons. The summed E-state index contributed by atoms with van der Waals surface area (Å²) in [4.78, 5) is 8.63. The van der Waals surface area contributed by atoms with Gasteiger partial charge in [0.25, 0.3) is 0 Å². The van der Waals surface area contributed by atoms with E-state index in [1.165, 1.54) is 155 Å². The summed E-state index contributed by atoms with van der Waals surface area (Å²) in [5, 5.41) is 0. The fourth-order valence-corrected chi connectivity index (χ4v) is 6.94. The van der Waals surface area contributed by atoms with Crippen molar-refractivity contribution in [2.24, 2.45) is 17.8 Å². The Bertz CT molecular complexity index is 370. The summed E-state index contributed by atoms with van der Waals surface area (Å²) in [6.45, 7) is 12.1. The molecule has 0 unspecified atom stereocenters. The lowest BCUT2D eigenvalue weighted by atomic mass is 9.88. The Morgan fingerprint density at radius 2 is 0.567 bits per heavy atom. The predicted molar refractivity (Wildman–Crippen MR) is 129 cm³/mol.